The Kier molecular flexibility index (Phi) is 14.1. The van der Waals surface area contributed by atoms with Crippen molar-refractivity contribution in [1.29, 1.82) is 0 Å². The number of rotatable bonds is 15. The molecule has 1 saturated heterocycles. The maximum Gasteiger partial charge on any atom is 0.416 e. The third-order valence-electron chi connectivity index (χ3n) is 9.80. The van der Waals surface area contributed by atoms with Crippen LogP contribution in [0.4, 0.5) is 22.0 Å². The van der Waals surface area contributed by atoms with Gasteiger partial charge in [0.15, 0.2) is 11.6 Å². The Morgan fingerprint density at radius 2 is 1.65 bits per heavy atom. The van der Waals surface area contributed by atoms with E-state index in [0.29, 0.717) is 41.8 Å². The van der Waals surface area contributed by atoms with Crippen molar-refractivity contribution in [2.75, 3.05) is 40.4 Å². The van der Waals surface area contributed by atoms with Crippen molar-refractivity contribution in [3.63, 3.8) is 0 Å². The smallest absolute Gasteiger partial charge is 0.404 e. The van der Waals surface area contributed by atoms with Crippen LogP contribution in [0.5, 0.6) is 0 Å². The summed E-state index contributed by atoms with van der Waals surface area (Å²) in [6, 6.07) is 17.5. The molecule has 1 aliphatic heterocycles. The number of allylic oxidation sites excluding steroid dienone is 1. The molecule has 292 valence electrons. The Morgan fingerprint density at radius 3 is 2.27 bits per heavy atom. The fraction of sp³-hybridized carbons (Fsp3) is 0.366. The van der Waals surface area contributed by atoms with Gasteiger partial charge in [0, 0.05) is 70.4 Å². The number of nitrogens with two attached hydrogens (primary N) is 1. The molecule has 3 aromatic carbocycles. The van der Waals surface area contributed by atoms with Crippen LogP contribution >= 0.6 is 0 Å². The molecular formula is C41H45F5N6O3. The van der Waals surface area contributed by atoms with Crippen molar-refractivity contribution < 1.29 is 31.5 Å². The summed E-state index contributed by atoms with van der Waals surface area (Å²) in [5.41, 5.74) is 8.18. The maximum atomic E-state index is 14.6. The Hall–Kier alpha value is -5.21. The van der Waals surface area contributed by atoms with E-state index >= 15 is 0 Å². The number of ether oxygens (including phenoxy) is 1. The monoisotopic (exact) mass is 764 g/mol. The number of alkyl halides is 3. The molecule has 0 radical (unpaired) electrons. The Labute approximate surface area is 316 Å². The van der Waals surface area contributed by atoms with Gasteiger partial charge in [0.05, 0.1) is 30.8 Å². The van der Waals surface area contributed by atoms with E-state index in [1.807, 2.05) is 29.2 Å². The first-order valence-electron chi connectivity index (χ1n) is 18.0. The zero-order valence-corrected chi connectivity index (χ0v) is 30.9. The number of nitrogens with zero attached hydrogens (tertiary/aromatic N) is 5. The molecule has 55 heavy (non-hydrogen) atoms. The molecule has 0 aliphatic carbocycles. The Morgan fingerprint density at radius 1 is 1.00 bits per heavy atom. The molecular weight excluding hydrogens is 719 g/mol. The van der Waals surface area contributed by atoms with E-state index in [4.69, 9.17) is 10.5 Å². The topological polar surface area (TPSA) is 106 Å². The SMILES string of the molecule is CN=CC(=CN)Cn1nc(CC(=O)N(Cc2ccc(-c3ccc(C(F)(F)F)cc3)cc2)C2CCN(CCOC)CC2)c(CCc2cccc(F)c2F)cc1=O. The summed E-state index contributed by atoms with van der Waals surface area (Å²) < 4.78 is 74.5. The number of likely N-dealkylation sites (tertiary alicyclic amines) is 1. The van der Waals surface area contributed by atoms with Gasteiger partial charge in [-0.1, -0.05) is 48.5 Å². The predicted octanol–water partition coefficient (Wildman–Crippen LogP) is 6.22. The normalized spacial score (nSPS) is 14.5. The molecule has 0 spiro atoms. The van der Waals surface area contributed by atoms with Crippen LogP contribution in [0.15, 0.2) is 94.4 Å². The third-order valence-corrected chi connectivity index (χ3v) is 9.80. The number of amides is 1. The highest BCUT2D eigenvalue weighted by Crippen LogP contribution is 2.31. The molecule has 1 aromatic heterocycles. The van der Waals surface area contributed by atoms with E-state index in [1.54, 1.807) is 14.2 Å². The minimum absolute atomic E-state index is 0.00158. The second kappa shape index (κ2) is 18.9. The van der Waals surface area contributed by atoms with Crippen molar-refractivity contribution in [2.45, 2.75) is 57.4 Å². The van der Waals surface area contributed by atoms with Gasteiger partial charge in [-0.05, 0) is 71.7 Å². The highest BCUT2D eigenvalue weighted by atomic mass is 19.4. The number of carbonyl (C=O) groups excluding carboxylic acids is 1. The Bertz CT molecular complexity index is 2020. The van der Waals surface area contributed by atoms with E-state index < -0.39 is 28.9 Å². The minimum Gasteiger partial charge on any atom is -0.404 e. The van der Waals surface area contributed by atoms with Gasteiger partial charge in [0.2, 0.25) is 5.91 Å². The number of aryl methyl sites for hydroxylation is 2. The summed E-state index contributed by atoms with van der Waals surface area (Å²) >= 11 is 0. The number of hydrogen-bond acceptors (Lipinski definition) is 7. The third kappa shape index (κ3) is 10.9. The van der Waals surface area contributed by atoms with Crippen LogP contribution in [-0.2, 0) is 48.1 Å². The van der Waals surface area contributed by atoms with Crippen LogP contribution in [0.25, 0.3) is 11.1 Å². The quantitative estimate of drug-likeness (QED) is 0.114. The standard InChI is InChI=1S/C41H45F5N6O3/c1-48-25-29(24-47)27-52-39(54)22-33(11-10-32-4-3-5-36(42)40(32)43)37(49-52)23-38(53)51(35-16-18-50(19-17-35)20-21-55-2)26-28-6-8-30(9-7-28)31-12-14-34(15-13-31)41(44,45)46/h3-9,12-15,22,24-25,35H,10-11,16-21,23,26-27,47H2,1-2H3. The van der Waals surface area contributed by atoms with Crippen LogP contribution in [0.2, 0.25) is 0 Å². The van der Waals surface area contributed by atoms with Gasteiger partial charge in [-0.3, -0.25) is 14.6 Å². The summed E-state index contributed by atoms with van der Waals surface area (Å²) in [4.78, 5) is 35.8. The van der Waals surface area contributed by atoms with E-state index in [2.05, 4.69) is 15.0 Å². The van der Waals surface area contributed by atoms with Gasteiger partial charge < -0.3 is 20.3 Å². The van der Waals surface area contributed by atoms with Gasteiger partial charge in [-0.2, -0.15) is 18.3 Å². The second-order valence-corrected chi connectivity index (χ2v) is 13.5. The Balaban J connectivity index is 1.44. The molecule has 0 bridgehead atoms. The highest BCUT2D eigenvalue weighted by Gasteiger charge is 2.31. The van der Waals surface area contributed by atoms with Crippen LogP contribution < -0.4 is 11.3 Å². The molecule has 4 aromatic rings. The lowest BCUT2D eigenvalue weighted by Gasteiger charge is -2.38. The first-order valence-corrected chi connectivity index (χ1v) is 18.0. The van der Waals surface area contributed by atoms with Gasteiger partial charge in [0.25, 0.3) is 5.56 Å². The zero-order valence-electron chi connectivity index (χ0n) is 30.9. The van der Waals surface area contributed by atoms with E-state index in [0.717, 1.165) is 49.0 Å². The molecule has 0 unspecified atom stereocenters. The van der Waals surface area contributed by atoms with Crippen molar-refractivity contribution in [1.82, 2.24) is 19.6 Å². The number of carbonyl (C=O) groups is 1. The van der Waals surface area contributed by atoms with Crippen LogP contribution in [0.3, 0.4) is 0 Å². The lowest BCUT2D eigenvalue weighted by molar-refractivity contribution is -0.137. The maximum absolute atomic E-state index is 14.6. The number of aliphatic imine (C=N–C) groups is 1. The van der Waals surface area contributed by atoms with Crippen molar-refractivity contribution in [2.24, 2.45) is 10.7 Å². The molecule has 1 fully saturated rings. The van der Waals surface area contributed by atoms with Gasteiger partial charge in [-0.25, -0.2) is 13.5 Å². The molecule has 9 nitrogen and oxygen atoms in total. The predicted molar refractivity (Wildman–Crippen MR) is 201 cm³/mol. The first kappa shape index (κ1) is 41.0. The molecule has 0 atom stereocenters. The first-order chi connectivity index (χ1) is 26.4. The number of benzene rings is 3. The highest BCUT2D eigenvalue weighted by molar-refractivity contribution is 5.79. The summed E-state index contributed by atoms with van der Waals surface area (Å²) in [5, 5.41) is 4.62. The molecule has 2 heterocycles. The molecule has 2 N–H and O–H groups in total. The summed E-state index contributed by atoms with van der Waals surface area (Å²) in [7, 11) is 3.22. The minimum atomic E-state index is -4.43. The van der Waals surface area contributed by atoms with E-state index in [-0.39, 0.29) is 49.9 Å². The van der Waals surface area contributed by atoms with Crippen molar-refractivity contribution >= 4 is 12.1 Å². The fourth-order valence-corrected chi connectivity index (χ4v) is 6.72. The molecule has 14 heteroatoms. The average Bonchev–Trinajstić information content (AvgIpc) is 3.18. The lowest BCUT2D eigenvalue weighted by atomic mass is 9.98. The molecule has 1 amide bonds. The largest absolute Gasteiger partial charge is 0.416 e. The van der Waals surface area contributed by atoms with E-state index in [1.165, 1.54) is 47.4 Å². The fourth-order valence-electron chi connectivity index (χ4n) is 6.72. The van der Waals surface area contributed by atoms with Crippen molar-refractivity contribution in [3.8, 4) is 11.1 Å². The van der Waals surface area contributed by atoms with Gasteiger partial charge in [-0.15, -0.1) is 0 Å². The van der Waals surface area contributed by atoms with E-state index in [9.17, 15) is 31.5 Å². The van der Waals surface area contributed by atoms with Gasteiger partial charge >= 0.3 is 6.18 Å². The second-order valence-electron chi connectivity index (χ2n) is 13.5. The van der Waals surface area contributed by atoms with Gasteiger partial charge in [0.1, 0.15) is 0 Å². The molecule has 0 saturated carbocycles. The molecule has 1 aliphatic rings. The average molecular weight is 765 g/mol. The number of hydrogen-bond donors (Lipinski definition) is 1. The summed E-state index contributed by atoms with van der Waals surface area (Å²) in [6.45, 7) is 3.13. The number of halogens is 5. The van der Waals surface area contributed by atoms with Crippen molar-refractivity contribution in [3.05, 3.63) is 135 Å². The number of aromatic nitrogens is 2. The van der Waals surface area contributed by atoms with Crippen LogP contribution in [0, 0.1) is 11.6 Å². The number of methoxy groups -OCH3 is 1. The molecule has 5 rings (SSSR count). The lowest BCUT2D eigenvalue weighted by Crippen LogP contribution is -2.48. The zero-order chi connectivity index (χ0) is 39.5. The number of piperidine rings is 1. The van der Waals surface area contributed by atoms with Crippen LogP contribution in [0.1, 0.15) is 40.8 Å². The summed E-state index contributed by atoms with van der Waals surface area (Å²) in [5.74, 6) is -2.18. The summed E-state index contributed by atoms with van der Waals surface area (Å²) in [6.07, 6.45) is -0.165. The van der Waals surface area contributed by atoms with Crippen LogP contribution in [-0.4, -0.2) is 78.1 Å².